The van der Waals surface area contributed by atoms with Gasteiger partial charge in [-0.1, -0.05) is 41.9 Å². The van der Waals surface area contributed by atoms with E-state index in [1.165, 1.54) is 24.3 Å². The molecule has 0 saturated heterocycles. The van der Waals surface area contributed by atoms with Crippen molar-refractivity contribution >= 4 is 17.4 Å². The molecule has 0 heterocycles. The molecule has 0 saturated carbocycles. The number of rotatable bonds is 2. The Balaban J connectivity index is 2.70. The minimum atomic E-state index is -5.12. The molecule has 23 heavy (non-hydrogen) atoms. The summed E-state index contributed by atoms with van der Waals surface area (Å²) in [5.41, 5.74) is -4.20. The van der Waals surface area contributed by atoms with Gasteiger partial charge in [0.1, 0.15) is 0 Å². The lowest BCUT2D eigenvalue weighted by Gasteiger charge is -2.16. The maximum absolute atomic E-state index is 12.9. The quantitative estimate of drug-likeness (QED) is 0.507. The smallest absolute Gasteiger partial charge is 0.289 e. The molecule has 0 N–H and O–H groups in total. The minimum absolute atomic E-state index is 0.0677. The molecule has 1 nitrogen and oxygen atoms in total. The van der Waals surface area contributed by atoms with Gasteiger partial charge in [0.2, 0.25) is 0 Å². The zero-order valence-electron chi connectivity index (χ0n) is 11.1. The van der Waals surface area contributed by atoms with Gasteiger partial charge in [0, 0.05) is 11.1 Å². The lowest BCUT2D eigenvalue weighted by molar-refractivity contribution is -0.143. The first-order valence-corrected chi connectivity index (χ1v) is 6.47. The van der Waals surface area contributed by atoms with Crippen LogP contribution in [0.4, 0.5) is 26.3 Å². The third-order valence-corrected chi connectivity index (χ3v) is 3.39. The van der Waals surface area contributed by atoms with E-state index in [1.807, 2.05) is 0 Å². The van der Waals surface area contributed by atoms with E-state index in [1.54, 1.807) is 6.07 Å². The van der Waals surface area contributed by atoms with Crippen molar-refractivity contribution < 1.29 is 31.1 Å². The van der Waals surface area contributed by atoms with Crippen LogP contribution in [0, 0.1) is 0 Å². The summed E-state index contributed by atoms with van der Waals surface area (Å²) in [5, 5.41) is -1.06. The maximum atomic E-state index is 12.9. The fourth-order valence-electron chi connectivity index (χ4n) is 1.90. The average Bonchev–Trinajstić information content (AvgIpc) is 2.45. The molecule has 0 aliphatic heterocycles. The number of hydrogen-bond donors (Lipinski definition) is 0. The van der Waals surface area contributed by atoms with Crippen LogP contribution in [-0.4, -0.2) is 5.78 Å². The summed E-state index contributed by atoms with van der Waals surface area (Å²) >= 11 is 5.55. The molecule has 2 aromatic carbocycles. The summed E-state index contributed by atoms with van der Waals surface area (Å²) in [4.78, 5) is 12.2. The molecule has 2 aromatic rings. The Bertz CT molecular complexity index is 734. The van der Waals surface area contributed by atoms with E-state index in [4.69, 9.17) is 11.6 Å². The lowest BCUT2D eigenvalue weighted by Crippen LogP contribution is -2.15. The van der Waals surface area contributed by atoms with Crippen LogP contribution < -0.4 is 0 Å². The van der Waals surface area contributed by atoms with Crippen molar-refractivity contribution in [3.8, 4) is 0 Å². The Kier molecular flexibility index (Phi) is 4.43. The SMILES string of the molecule is O=C(c1ccccc1)c1cc(C(F)(F)F)cc(C(F)(F)F)c1Cl. The topological polar surface area (TPSA) is 17.1 Å². The highest BCUT2D eigenvalue weighted by atomic mass is 35.5. The zero-order valence-corrected chi connectivity index (χ0v) is 11.9. The molecule has 0 atom stereocenters. The van der Waals surface area contributed by atoms with E-state index >= 15 is 0 Å². The van der Waals surface area contributed by atoms with Crippen molar-refractivity contribution in [2.75, 3.05) is 0 Å². The van der Waals surface area contributed by atoms with Crippen molar-refractivity contribution in [2.24, 2.45) is 0 Å². The van der Waals surface area contributed by atoms with Crippen LogP contribution >= 0.6 is 11.6 Å². The summed E-state index contributed by atoms with van der Waals surface area (Å²) in [5.74, 6) is -1.02. The van der Waals surface area contributed by atoms with Gasteiger partial charge in [0.15, 0.2) is 5.78 Å². The standard InChI is InChI=1S/C15H7ClF6O/c16-12-10(13(23)8-4-2-1-3-5-8)6-9(14(17,18)19)7-11(12)15(20,21)22/h1-7H. The van der Waals surface area contributed by atoms with Crippen LogP contribution in [0.2, 0.25) is 5.02 Å². The van der Waals surface area contributed by atoms with Gasteiger partial charge in [-0.25, -0.2) is 0 Å². The van der Waals surface area contributed by atoms with Crippen molar-refractivity contribution in [1.82, 2.24) is 0 Å². The van der Waals surface area contributed by atoms with Crippen molar-refractivity contribution in [2.45, 2.75) is 12.4 Å². The van der Waals surface area contributed by atoms with Crippen LogP contribution in [-0.2, 0) is 12.4 Å². The number of alkyl halides is 6. The van der Waals surface area contributed by atoms with Gasteiger partial charge in [0.05, 0.1) is 16.1 Å². The van der Waals surface area contributed by atoms with E-state index in [2.05, 4.69) is 0 Å². The van der Waals surface area contributed by atoms with Gasteiger partial charge in [-0.2, -0.15) is 26.3 Å². The predicted molar refractivity (Wildman–Crippen MR) is 71.3 cm³/mol. The van der Waals surface area contributed by atoms with Crippen molar-refractivity contribution in [3.05, 3.63) is 69.7 Å². The number of carbonyl (C=O) groups excluding carboxylic acids is 1. The Labute approximate surface area is 131 Å². The summed E-state index contributed by atoms with van der Waals surface area (Å²) < 4.78 is 77.1. The van der Waals surface area contributed by atoms with Crippen LogP contribution in [0.3, 0.4) is 0 Å². The third-order valence-electron chi connectivity index (χ3n) is 2.99. The Morgan fingerprint density at radius 2 is 1.43 bits per heavy atom. The zero-order chi connectivity index (χ0) is 17.4. The van der Waals surface area contributed by atoms with Gasteiger partial charge < -0.3 is 0 Å². The number of ketones is 1. The first kappa shape index (κ1) is 17.3. The van der Waals surface area contributed by atoms with Crippen LogP contribution in [0.25, 0.3) is 0 Å². The van der Waals surface area contributed by atoms with Crippen molar-refractivity contribution in [3.63, 3.8) is 0 Å². The first-order chi connectivity index (χ1) is 10.5. The number of carbonyl (C=O) groups is 1. The van der Waals surface area contributed by atoms with E-state index < -0.39 is 39.8 Å². The molecule has 0 bridgehead atoms. The first-order valence-electron chi connectivity index (χ1n) is 6.09. The number of hydrogen-bond acceptors (Lipinski definition) is 1. The summed E-state index contributed by atoms with van der Waals surface area (Å²) in [6.45, 7) is 0. The summed E-state index contributed by atoms with van der Waals surface area (Å²) in [7, 11) is 0. The fraction of sp³-hybridized carbons (Fsp3) is 0.133. The van der Waals surface area contributed by atoms with Crippen LogP contribution in [0.5, 0.6) is 0 Å². The molecule has 8 heteroatoms. The Morgan fingerprint density at radius 1 is 0.870 bits per heavy atom. The minimum Gasteiger partial charge on any atom is -0.289 e. The van der Waals surface area contributed by atoms with Gasteiger partial charge in [-0.15, -0.1) is 0 Å². The largest absolute Gasteiger partial charge is 0.417 e. The molecule has 122 valence electrons. The fourth-order valence-corrected chi connectivity index (χ4v) is 2.21. The summed E-state index contributed by atoms with van der Waals surface area (Å²) in [6.07, 6.45) is -10.2. The number of benzene rings is 2. The Hall–Kier alpha value is -2.02. The van der Waals surface area contributed by atoms with Gasteiger partial charge in [0.25, 0.3) is 0 Å². The van der Waals surface area contributed by atoms with Crippen LogP contribution in [0.1, 0.15) is 27.0 Å². The molecule has 0 fully saturated rings. The molecule has 0 aliphatic rings. The van der Waals surface area contributed by atoms with Crippen LogP contribution in [0.15, 0.2) is 42.5 Å². The highest BCUT2D eigenvalue weighted by Gasteiger charge is 2.40. The van der Waals surface area contributed by atoms with Gasteiger partial charge in [-0.3, -0.25) is 4.79 Å². The van der Waals surface area contributed by atoms with E-state index in [0.717, 1.165) is 0 Å². The Morgan fingerprint density at radius 3 is 1.91 bits per heavy atom. The molecule has 0 amide bonds. The molecular formula is C15H7ClF6O. The molecule has 2 rings (SSSR count). The highest BCUT2D eigenvalue weighted by molar-refractivity contribution is 6.35. The van der Waals surface area contributed by atoms with E-state index in [0.29, 0.717) is 6.07 Å². The van der Waals surface area contributed by atoms with Gasteiger partial charge in [-0.05, 0) is 12.1 Å². The third kappa shape index (κ3) is 3.67. The van der Waals surface area contributed by atoms with Gasteiger partial charge >= 0.3 is 12.4 Å². The molecule has 0 radical (unpaired) electrons. The average molecular weight is 353 g/mol. The molecule has 0 aliphatic carbocycles. The normalized spacial score (nSPS) is 12.3. The molecule has 0 unspecified atom stereocenters. The second kappa shape index (κ2) is 5.88. The monoisotopic (exact) mass is 352 g/mol. The molecule has 0 spiro atoms. The molecular weight excluding hydrogens is 346 g/mol. The maximum Gasteiger partial charge on any atom is 0.417 e. The van der Waals surface area contributed by atoms with E-state index in [9.17, 15) is 31.1 Å². The lowest BCUT2D eigenvalue weighted by atomic mass is 9.98. The highest BCUT2D eigenvalue weighted by Crippen LogP contribution is 2.41. The molecule has 0 aromatic heterocycles. The number of halogens is 7. The second-order valence-corrected chi connectivity index (χ2v) is 4.95. The summed E-state index contributed by atoms with van der Waals surface area (Å²) in [6, 6.07) is 7.17. The van der Waals surface area contributed by atoms with Crippen molar-refractivity contribution in [1.29, 1.82) is 0 Å². The predicted octanol–water partition coefficient (Wildman–Crippen LogP) is 5.61. The second-order valence-electron chi connectivity index (χ2n) is 4.58. The van der Waals surface area contributed by atoms with E-state index in [-0.39, 0.29) is 11.6 Å².